The lowest BCUT2D eigenvalue weighted by molar-refractivity contribution is 1.18. The molecule has 1 aromatic heterocycles. The molecular weight excluding hydrogens is 749 g/mol. The van der Waals surface area contributed by atoms with E-state index in [4.69, 9.17) is 0 Å². The van der Waals surface area contributed by atoms with E-state index in [-0.39, 0.29) is 0 Å². The predicted molar refractivity (Wildman–Crippen MR) is 264 cm³/mol. The van der Waals surface area contributed by atoms with Crippen LogP contribution in [0.1, 0.15) is 0 Å². The molecule has 0 radical (unpaired) electrons. The van der Waals surface area contributed by atoms with Crippen molar-refractivity contribution in [3.05, 3.63) is 243 Å². The van der Waals surface area contributed by atoms with E-state index in [9.17, 15) is 0 Å². The maximum atomic E-state index is 2.50. The van der Waals surface area contributed by atoms with Gasteiger partial charge in [-0.1, -0.05) is 200 Å². The summed E-state index contributed by atoms with van der Waals surface area (Å²) in [6, 6.07) is 88.7. The van der Waals surface area contributed by atoms with Crippen LogP contribution in [0.5, 0.6) is 0 Å². The number of nitrogens with zero attached hydrogens (tertiary/aromatic N) is 2. The fourth-order valence-corrected chi connectivity index (χ4v) is 9.85. The average Bonchev–Trinajstić information content (AvgIpc) is 3.68. The molecule has 2 nitrogen and oxygen atoms in total. The molecule has 0 aliphatic heterocycles. The number of hydrogen-bond donors (Lipinski definition) is 0. The number of anilines is 3. The lowest BCUT2D eigenvalue weighted by Gasteiger charge is -2.30. The second-order valence-electron chi connectivity index (χ2n) is 16.0. The van der Waals surface area contributed by atoms with Crippen LogP contribution in [0, 0.1) is 0 Å². The molecule has 12 rings (SSSR count). The first-order valence-corrected chi connectivity index (χ1v) is 21.4. The first kappa shape index (κ1) is 35.7. The highest BCUT2D eigenvalue weighted by atomic mass is 15.1. The smallest absolute Gasteiger partial charge is 0.0561 e. The lowest BCUT2D eigenvalue weighted by Crippen LogP contribution is -2.13. The van der Waals surface area contributed by atoms with Gasteiger partial charge in [0.1, 0.15) is 0 Å². The summed E-state index contributed by atoms with van der Waals surface area (Å²) in [5.74, 6) is 0. The monoisotopic (exact) mass is 788 g/mol. The van der Waals surface area contributed by atoms with E-state index in [2.05, 4.69) is 252 Å². The molecule has 0 spiro atoms. The van der Waals surface area contributed by atoms with Crippen molar-refractivity contribution in [2.24, 2.45) is 0 Å². The summed E-state index contributed by atoms with van der Waals surface area (Å²) < 4.78 is 2.41. The van der Waals surface area contributed by atoms with Gasteiger partial charge in [0.2, 0.25) is 0 Å². The minimum absolute atomic E-state index is 1.08. The molecule has 0 unspecified atom stereocenters. The topological polar surface area (TPSA) is 8.17 Å². The largest absolute Gasteiger partial charge is 0.309 e. The summed E-state index contributed by atoms with van der Waals surface area (Å²) in [6.45, 7) is 0. The number of fused-ring (bicyclic) bond motifs is 7. The summed E-state index contributed by atoms with van der Waals surface area (Å²) in [5.41, 5.74) is 13.9. The minimum Gasteiger partial charge on any atom is -0.309 e. The van der Waals surface area contributed by atoms with Crippen molar-refractivity contribution in [3.8, 4) is 39.1 Å². The third-order valence-corrected chi connectivity index (χ3v) is 12.6. The first-order valence-electron chi connectivity index (χ1n) is 21.4. The van der Waals surface area contributed by atoms with Crippen LogP contribution in [0.25, 0.3) is 93.2 Å². The Kier molecular flexibility index (Phi) is 8.53. The van der Waals surface area contributed by atoms with E-state index in [1.54, 1.807) is 0 Å². The summed E-state index contributed by atoms with van der Waals surface area (Å²) in [7, 11) is 0. The van der Waals surface area contributed by atoms with Crippen molar-refractivity contribution in [3.63, 3.8) is 0 Å². The number of aromatic nitrogens is 1. The van der Waals surface area contributed by atoms with Crippen LogP contribution in [-0.4, -0.2) is 4.57 Å². The lowest BCUT2D eigenvalue weighted by atomic mass is 9.90. The normalized spacial score (nSPS) is 11.5. The van der Waals surface area contributed by atoms with Gasteiger partial charge >= 0.3 is 0 Å². The van der Waals surface area contributed by atoms with Gasteiger partial charge in [0.15, 0.2) is 0 Å². The molecule has 62 heavy (non-hydrogen) atoms. The van der Waals surface area contributed by atoms with Crippen LogP contribution < -0.4 is 4.90 Å². The Labute approximate surface area is 360 Å². The zero-order chi connectivity index (χ0) is 41.0. The van der Waals surface area contributed by atoms with Gasteiger partial charge in [0.05, 0.1) is 22.4 Å². The van der Waals surface area contributed by atoms with Gasteiger partial charge in [-0.3, -0.25) is 0 Å². The Bertz CT molecular complexity index is 3630. The minimum atomic E-state index is 1.08. The maximum absolute atomic E-state index is 2.50. The second kappa shape index (κ2) is 14.8. The highest BCUT2D eigenvalue weighted by Gasteiger charge is 2.24. The zero-order valence-electron chi connectivity index (χ0n) is 34.0. The highest BCUT2D eigenvalue weighted by Crippen LogP contribution is 2.49. The molecule has 0 amide bonds. The quantitative estimate of drug-likeness (QED) is 0.146. The number of benzene rings is 11. The molecule has 290 valence electrons. The van der Waals surface area contributed by atoms with Crippen molar-refractivity contribution >= 4 is 71.2 Å². The molecule has 0 bridgehead atoms. The maximum Gasteiger partial charge on any atom is 0.0561 e. The Hall–Kier alpha value is -8.20. The molecule has 0 saturated heterocycles. The van der Waals surface area contributed by atoms with Gasteiger partial charge in [0.25, 0.3) is 0 Å². The Morgan fingerprint density at radius 2 is 0.823 bits per heavy atom. The summed E-state index contributed by atoms with van der Waals surface area (Å²) in [4.78, 5) is 2.50. The molecule has 2 heteroatoms. The Balaban J connectivity index is 1.16. The van der Waals surface area contributed by atoms with Crippen LogP contribution in [0.3, 0.4) is 0 Å². The molecule has 0 N–H and O–H groups in total. The van der Waals surface area contributed by atoms with E-state index < -0.39 is 0 Å². The van der Waals surface area contributed by atoms with Gasteiger partial charge in [-0.15, -0.1) is 0 Å². The molecule has 11 aromatic carbocycles. The molecule has 0 saturated carbocycles. The van der Waals surface area contributed by atoms with E-state index >= 15 is 0 Å². The van der Waals surface area contributed by atoms with Crippen molar-refractivity contribution < 1.29 is 0 Å². The third-order valence-electron chi connectivity index (χ3n) is 12.6. The van der Waals surface area contributed by atoms with Crippen molar-refractivity contribution in [1.29, 1.82) is 0 Å². The number of para-hydroxylation sites is 4. The van der Waals surface area contributed by atoms with E-state index in [0.29, 0.717) is 0 Å². The molecule has 0 aliphatic rings. The second-order valence-corrected chi connectivity index (χ2v) is 16.0. The first-order chi connectivity index (χ1) is 30.8. The molecule has 0 aliphatic carbocycles. The molecule has 0 fully saturated rings. The van der Waals surface area contributed by atoms with E-state index in [1.165, 1.54) is 70.9 Å². The Morgan fingerprint density at radius 3 is 1.61 bits per heavy atom. The average molecular weight is 789 g/mol. The van der Waals surface area contributed by atoms with Gasteiger partial charge in [0, 0.05) is 33.3 Å². The predicted octanol–water partition coefficient (Wildman–Crippen LogP) is 16.7. The van der Waals surface area contributed by atoms with Crippen LogP contribution in [0.2, 0.25) is 0 Å². The molecule has 12 aromatic rings. The van der Waals surface area contributed by atoms with Crippen molar-refractivity contribution in [2.75, 3.05) is 4.90 Å². The van der Waals surface area contributed by atoms with Gasteiger partial charge in [-0.05, 0) is 97.0 Å². The number of hydrogen-bond acceptors (Lipinski definition) is 1. The molecular formula is C60H40N2. The van der Waals surface area contributed by atoms with Crippen LogP contribution in [0.15, 0.2) is 243 Å². The zero-order valence-corrected chi connectivity index (χ0v) is 34.0. The fourth-order valence-electron chi connectivity index (χ4n) is 9.85. The summed E-state index contributed by atoms with van der Waals surface area (Å²) in [5, 5.41) is 9.89. The van der Waals surface area contributed by atoms with Crippen LogP contribution >= 0.6 is 0 Å². The number of rotatable bonds is 7. The van der Waals surface area contributed by atoms with E-state index in [0.717, 1.165) is 39.4 Å². The third kappa shape index (κ3) is 5.80. The van der Waals surface area contributed by atoms with Gasteiger partial charge in [-0.25, -0.2) is 0 Å². The molecule has 1 heterocycles. The van der Waals surface area contributed by atoms with Crippen molar-refractivity contribution in [2.45, 2.75) is 0 Å². The highest BCUT2D eigenvalue weighted by molar-refractivity contribution is 6.15. The summed E-state index contributed by atoms with van der Waals surface area (Å²) in [6.07, 6.45) is 0. The van der Waals surface area contributed by atoms with Crippen LogP contribution in [-0.2, 0) is 0 Å². The van der Waals surface area contributed by atoms with Crippen LogP contribution in [0.4, 0.5) is 17.1 Å². The molecule has 0 atom stereocenters. The standard InChI is InChI=1S/C60H40N2/c1-3-18-41(19-4-1)47-29-15-21-43-22-16-32-55(60(43)47)53-28-11-14-35-58(53)62(45-37-39-54-52-27-10-13-34-57(52)61(59(54)40-45)44-23-5-2-6-24-44)56-33-12-9-26-51(56)49-31-17-30-48-46-25-8-7-20-42(46)36-38-50(48)49/h1-40H. The van der Waals surface area contributed by atoms with Crippen molar-refractivity contribution in [1.82, 2.24) is 4.57 Å². The summed E-state index contributed by atoms with van der Waals surface area (Å²) >= 11 is 0. The van der Waals surface area contributed by atoms with Gasteiger partial charge < -0.3 is 9.47 Å². The Morgan fingerprint density at radius 1 is 0.290 bits per heavy atom. The van der Waals surface area contributed by atoms with E-state index in [1.807, 2.05) is 0 Å². The van der Waals surface area contributed by atoms with Gasteiger partial charge in [-0.2, -0.15) is 0 Å². The SMILES string of the molecule is c1ccc(-c2cccc3cccc(-c4ccccc4N(c4ccc5c6ccccc6n(-c6ccccc6)c5c4)c4ccccc4-c4cccc5c4ccc4ccccc45)c23)cc1. The fraction of sp³-hybridized carbons (Fsp3) is 0.